The molecular weight excluding hydrogens is 296 g/mol. The molecule has 1 fully saturated rings. The molecule has 122 valence electrons. The highest BCUT2D eigenvalue weighted by atomic mass is 32.2. The van der Waals surface area contributed by atoms with Crippen molar-refractivity contribution in [2.75, 3.05) is 24.2 Å². The summed E-state index contributed by atoms with van der Waals surface area (Å²) in [5.41, 5.74) is 1.91. The second kappa shape index (κ2) is 8.44. The van der Waals surface area contributed by atoms with E-state index in [0.29, 0.717) is 11.9 Å². The van der Waals surface area contributed by atoms with Crippen LogP contribution in [-0.2, 0) is 11.3 Å². The van der Waals surface area contributed by atoms with E-state index in [4.69, 9.17) is 4.74 Å². The average Bonchev–Trinajstić information content (AvgIpc) is 2.70. The smallest absolute Gasteiger partial charge is 0.321 e. The van der Waals surface area contributed by atoms with Crippen LogP contribution in [0, 0.1) is 0 Å². The molecule has 4 nitrogen and oxygen atoms in total. The Labute approximate surface area is 137 Å². The number of amides is 2. The molecule has 0 radical (unpaired) electrons. The van der Waals surface area contributed by atoms with Gasteiger partial charge in [0.2, 0.25) is 0 Å². The van der Waals surface area contributed by atoms with Gasteiger partial charge in [0, 0.05) is 29.8 Å². The zero-order chi connectivity index (χ0) is 15.9. The predicted octanol–water partition coefficient (Wildman–Crippen LogP) is 3.97. The minimum Gasteiger partial charge on any atom is -0.374 e. The monoisotopic (exact) mass is 322 g/mol. The molecule has 0 bridgehead atoms. The molecule has 2 rings (SSSR count). The molecule has 1 aliphatic heterocycles. The van der Waals surface area contributed by atoms with E-state index in [1.807, 2.05) is 54.8 Å². The lowest BCUT2D eigenvalue weighted by atomic mass is 10.2. The van der Waals surface area contributed by atoms with Crippen molar-refractivity contribution in [3.8, 4) is 0 Å². The van der Waals surface area contributed by atoms with E-state index in [-0.39, 0.29) is 12.1 Å². The van der Waals surface area contributed by atoms with E-state index >= 15 is 0 Å². The largest absolute Gasteiger partial charge is 0.374 e. The molecule has 1 atom stereocenters. The number of hydrogen-bond donors (Lipinski definition) is 1. The molecule has 1 N–H and O–H groups in total. The minimum atomic E-state index is -0.00312. The Hall–Kier alpha value is -1.20. The highest BCUT2D eigenvalue weighted by Gasteiger charge is 2.18. The fraction of sp³-hybridized carbons (Fsp3) is 0.588. The molecule has 1 unspecified atom stereocenters. The van der Waals surface area contributed by atoms with Crippen LogP contribution >= 0.6 is 11.8 Å². The van der Waals surface area contributed by atoms with Gasteiger partial charge in [-0.1, -0.05) is 19.1 Å². The van der Waals surface area contributed by atoms with E-state index in [0.717, 1.165) is 36.5 Å². The van der Waals surface area contributed by atoms with E-state index in [1.165, 1.54) is 0 Å². The number of thioether (sulfide) groups is 1. The highest BCUT2D eigenvalue weighted by molar-refractivity contribution is 7.99. The molecule has 1 saturated heterocycles. The van der Waals surface area contributed by atoms with Gasteiger partial charge < -0.3 is 15.0 Å². The lowest BCUT2D eigenvalue weighted by molar-refractivity contribution is 0.0657. The number of rotatable bonds is 4. The quantitative estimate of drug-likeness (QED) is 0.912. The van der Waals surface area contributed by atoms with Gasteiger partial charge in [-0.25, -0.2) is 4.79 Å². The first-order valence-electron chi connectivity index (χ1n) is 7.92. The summed E-state index contributed by atoms with van der Waals surface area (Å²) in [7, 11) is 0. The summed E-state index contributed by atoms with van der Waals surface area (Å²) >= 11 is 1.94. The van der Waals surface area contributed by atoms with E-state index in [9.17, 15) is 4.79 Å². The van der Waals surface area contributed by atoms with Gasteiger partial charge in [-0.05, 0) is 38.0 Å². The molecule has 1 aromatic rings. The predicted molar refractivity (Wildman–Crippen MR) is 93.5 cm³/mol. The first-order chi connectivity index (χ1) is 10.5. The Morgan fingerprint density at radius 1 is 1.45 bits per heavy atom. The number of nitrogens with one attached hydrogen (secondary N) is 1. The normalized spacial score (nSPS) is 19.1. The van der Waals surface area contributed by atoms with Crippen molar-refractivity contribution in [2.45, 2.75) is 45.2 Å². The maximum atomic E-state index is 12.4. The average molecular weight is 322 g/mol. The third-order valence-electron chi connectivity index (χ3n) is 3.62. The fourth-order valence-corrected chi connectivity index (χ4v) is 3.30. The van der Waals surface area contributed by atoms with Gasteiger partial charge in [-0.3, -0.25) is 0 Å². The van der Waals surface area contributed by atoms with Crippen molar-refractivity contribution in [2.24, 2.45) is 0 Å². The maximum Gasteiger partial charge on any atom is 0.321 e. The van der Waals surface area contributed by atoms with Crippen molar-refractivity contribution in [1.29, 1.82) is 0 Å². The highest BCUT2D eigenvalue weighted by Crippen LogP contribution is 2.19. The van der Waals surface area contributed by atoms with Gasteiger partial charge in [-0.2, -0.15) is 11.8 Å². The molecule has 0 spiro atoms. The van der Waals surface area contributed by atoms with Gasteiger partial charge in [0.1, 0.15) is 0 Å². The van der Waals surface area contributed by atoms with Crippen molar-refractivity contribution in [1.82, 2.24) is 4.90 Å². The molecule has 0 aliphatic carbocycles. The van der Waals surface area contributed by atoms with Gasteiger partial charge in [0.05, 0.1) is 12.7 Å². The SMILES string of the molecule is CC(C)OCc1cccc(NC(=O)N2CCSC(C)CC2)c1. The fourth-order valence-electron chi connectivity index (χ4n) is 2.30. The molecule has 0 aromatic heterocycles. The summed E-state index contributed by atoms with van der Waals surface area (Å²) in [5, 5.41) is 3.64. The summed E-state index contributed by atoms with van der Waals surface area (Å²) in [5.74, 6) is 1.01. The third-order valence-corrected chi connectivity index (χ3v) is 4.84. The van der Waals surface area contributed by atoms with Crippen molar-refractivity contribution < 1.29 is 9.53 Å². The van der Waals surface area contributed by atoms with Crippen LogP contribution in [0.5, 0.6) is 0 Å². The Kier molecular flexibility index (Phi) is 6.58. The number of hydrogen-bond acceptors (Lipinski definition) is 3. The number of urea groups is 1. The van der Waals surface area contributed by atoms with Crippen LogP contribution in [0.1, 0.15) is 32.8 Å². The topological polar surface area (TPSA) is 41.6 Å². The summed E-state index contributed by atoms with van der Waals surface area (Å²) in [6.07, 6.45) is 1.26. The standard InChI is InChI=1S/C17H26N2O2S/c1-13(2)21-12-15-5-4-6-16(11-15)18-17(20)19-8-7-14(3)22-10-9-19/h4-6,11,13-14H,7-10,12H2,1-3H3,(H,18,20). The molecular formula is C17H26N2O2S. The van der Waals surface area contributed by atoms with Crippen LogP contribution in [0.4, 0.5) is 10.5 Å². The van der Waals surface area contributed by atoms with Crippen LogP contribution in [0.2, 0.25) is 0 Å². The number of nitrogens with zero attached hydrogens (tertiary/aromatic N) is 1. The van der Waals surface area contributed by atoms with Crippen LogP contribution in [0.3, 0.4) is 0 Å². The molecule has 2 amide bonds. The minimum absolute atomic E-state index is 0.00312. The number of anilines is 1. The number of benzene rings is 1. The van der Waals surface area contributed by atoms with Gasteiger partial charge >= 0.3 is 6.03 Å². The van der Waals surface area contributed by atoms with Crippen molar-refractivity contribution in [3.63, 3.8) is 0 Å². The summed E-state index contributed by atoms with van der Waals surface area (Å²) < 4.78 is 5.61. The van der Waals surface area contributed by atoms with Crippen LogP contribution in [0.15, 0.2) is 24.3 Å². The summed E-state index contributed by atoms with van der Waals surface area (Å²) in [6, 6.07) is 7.87. The van der Waals surface area contributed by atoms with E-state index in [2.05, 4.69) is 12.2 Å². The Morgan fingerprint density at radius 2 is 2.27 bits per heavy atom. The number of ether oxygens (including phenoxy) is 1. The van der Waals surface area contributed by atoms with E-state index < -0.39 is 0 Å². The molecule has 1 heterocycles. The van der Waals surface area contributed by atoms with Crippen molar-refractivity contribution in [3.05, 3.63) is 29.8 Å². The molecule has 1 aliphatic rings. The zero-order valence-corrected chi connectivity index (χ0v) is 14.5. The maximum absolute atomic E-state index is 12.4. The van der Waals surface area contributed by atoms with Crippen molar-refractivity contribution >= 4 is 23.5 Å². The molecule has 22 heavy (non-hydrogen) atoms. The molecule has 1 aromatic carbocycles. The second-order valence-electron chi connectivity index (χ2n) is 5.95. The number of carbonyl (C=O) groups is 1. The summed E-state index contributed by atoms with van der Waals surface area (Å²) in [4.78, 5) is 14.3. The van der Waals surface area contributed by atoms with Crippen LogP contribution < -0.4 is 5.32 Å². The first-order valence-corrected chi connectivity index (χ1v) is 8.97. The van der Waals surface area contributed by atoms with Gasteiger partial charge in [-0.15, -0.1) is 0 Å². The van der Waals surface area contributed by atoms with Crippen LogP contribution in [-0.4, -0.2) is 41.1 Å². The second-order valence-corrected chi connectivity index (χ2v) is 7.49. The lowest BCUT2D eigenvalue weighted by Crippen LogP contribution is -2.36. The van der Waals surface area contributed by atoms with Gasteiger partial charge in [0.15, 0.2) is 0 Å². The zero-order valence-electron chi connectivity index (χ0n) is 13.7. The van der Waals surface area contributed by atoms with Gasteiger partial charge in [0.25, 0.3) is 0 Å². The number of carbonyl (C=O) groups excluding carboxylic acids is 1. The molecule has 0 saturated carbocycles. The van der Waals surface area contributed by atoms with E-state index in [1.54, 1.807) is 0 Å². The first kappa shape index (κ1) is 17.2. The lowest BCUT2D eigenvalue weighted by Gasteiger charge is -2.21. The molecule has 5 heteroatoms. The third kappa shape index (κ3) is 5.54. The van der Waals surface area contributed by atoms with Crippen LogP contribution in [0.25, 0.3) is 0 Å². The Bertz CT molecular complexity index is 493. The Balaban J connectivity index is 1.91. The Morgan fingerprint density at radius 3 is 3.05 bits per heavy atom. The summed E-state index contributed by atoms with van der Waals surface area (Å²) in [6.45, 7) is 8.48.